The molecule has 2 unspecified atom stereocenters. The normalized spacial score (nSPS) is 23.7. The number of aromatic amines is 1. The van der Waals surface area contributed by atoms with Gasteiger partial charge in [-0.15, -0.1) is 0 Å². The Labute approximate surface area is 109 Å². The quantitative estimate of drug-likeness (QED) is 0.849. The molecule has 0 radical (unpaired) electrons. The fourth-order valence-electron chi connectivity index (χ4n) is 2.38. The van der Waals surface area contributed by atoms with Crippen molar-refractivity contribution in [3.63, 3.8) is 0 Å². The Morgan fingerprint density at radius 2 is 2.39 bits per heavy atom. The summed E-state index contributed by atoms with van der Waals surface area (Å²) in [5.41, 5.74) is 1.21. The molecule has 0 spiro atoms. The van der Waals surface area contributed by atoms with E-state index in [1.807, 2.05) is 6.92 Å². The fraction of sp³-hybridized carbons (Fsp3) is 0.385. The lowest BCUT2D eigenvalue weighted by atomic mass is 10.0. The van der Waals surface area contributed by atoms with Crippen molar-refractivity contribution in [1.29, 1.82) is 0 Å². The zero-order valence-corrected chi connectivity index (χ0v) is 10.7. The lowest BCUT2D eigenvalue weighted by molar-refractivity contribution is 0.0435. The Morgan fingerprint density at radius 1 is 1.56 bits per heavy atom. The van der Waals surface area contributed by atoms with Gasteiger partial charge in [0.05, 0.1) is 11.1 Å². The van der Waals surface area contributed by atoms with Crippen molar-refractivity contribution in [3.05, 3.63) is 29.0 Å². The van der Waals surface area contributed by atoms with Gasteiger partial charge in [0.15, 0.2) is 5.78 Å². The number of nitrogens with zero attached hydrogens (tertiary/aromatic N) is 1. The first-order valence-electron chi connectivity index (χ1n) is 5.98. The maximum atomic E-state index is 12.4. The summed E-state index contributed by atoms with van der Waals surface area (Å²) in [5, 5.41) is 1.22. The van der Waals surface area contributed by atoms with Crippen LogP contribution in [-0.2, 0) is 4.74 Å². The third-order valence-corrected chi connectivity index (χ3v) is 3.63. The summed E-state index contributed by atoms with van der Waals surface area (Å²) in [7, 11) is 0. The Kier molecular flexibility index (Phi) is 2.84. The number of fused-ring (bicyclic) bond motifs is 1. The van der Waals surface area contributed by atoms with Crippen molar-refractivity contribution in [2.75, 3.05) is 0 Å². The van der Waals surface area contributed by atoms with E-state index in [0.29, 0.717) is 21.6 Å². The van der Waals surface area contributed by atoms with Crippen LogP contribution in [0.2, 0.25) is 5.02 Å². The second-order valence-electron chi connectivity index (χ2n) is 4.60. The molecule has 2 atom stereocenters. The summed E-state index contributed by atoms with van der Waals surface area (Å²) in [6, 6.07) is 1.69. The number of carbonyl (C=O) groups excluding carboxylic acids is 1. The number of rotatable bonds is 2. The third-order valence-electron chi connectivity index (χ3n) is 3.31. The molecule has 0 saturated carbocycles. The van der Waals surface area contributed by atoms with E-state index in [-0.39, 0.29) is 18.0 Å². The number of ether oxygens (including phenoxy) is 1. The van der Waals surface area contributed by atoms with Gasteiger partial charge in [-0.05, 0) is 25.8 Å². The standard InChI is InChI=1S/C13H13ClN2O2/c1-7-2-3-10(18-7)12(17)8-6-16-13-11(8)9(14)4-5-15-13/h4-7,10H,2-3H2,1H3,(H,15,16). The zero-order valence-electron chi connectivity index (χ0n) is 9.94. The first-order chi connectivity index (χ1) is 8.66. The van der Waals surface area contributed by atoms with Crippen molar-refractivity contribution in [1.82, 2.24) is 9.97 Å². The molecule has 0 bridgehead atoms. The summed E-state index contributed by atoms with van der Waals surface area (Å²) in [6.45, 7) is 1.98. The number of pyridine rings is 1. The van der Waals surface area contributed by atoms with E-state index in [2.05, 4.69) is 9.97 Å². The van der Waals surface area contributed by atoms with Crippen LogP contribution in [0.15, 0.2) is 18.5 Å². The molecule has 2 aromatic rings. The maximum Gasteiger partial charge on any atom is 0.193 e. The van der Waals surface area contributed by atoms with E-state index in [1.165, 1.54) is 0 Å². The topological polar surface area (TPSA) is 55.0 Å². The molecule has 4 nitrogen and oxygen atoms in total. The van der Waals surface area contributed by atoms with Gasteiger partial charge in [-0.2, -0.15) is 0 Å². The van der Waals surface area contributed by atoms with Crippen molar-refractivity contribution in [3.8, 4) is 0 Å². The molecule has 1 fully saturated rings. The molecular formula is C13H13ClN2O2. The summed E-state index contributed by atoms with van der Waals surface area (Å²) < 4.78 is 5.61. The number of H-pyrrole nitrogens is 1. The molecule has 1 saturated heterocycles. The van der Waals surface area contributed by atoms with Crippen LogP contribution < -0.4 is 0 Å². The molecule has 2 aromatic heterocycles. The SMILES string of the molecule is CC1CCC(C(=O)c2c[nH]c3nccc(Cl)c23)O1. The van der Waals surface area contributed by atoms with Crippen LogP contribution >= 0.6 is 11.6 Å². The summed E-state index contributed by atoms with van der Waals surface area (Å²) in [5.74, 6) is -0.0134. The Morgan fingerprint density at radius 3 is 3.11 bits per heavy atom. The molecule has 5 heteroatoms. The predicted molar refractivity (Wildman–Crippen MR) is 69.0 cm³/mol. The molecular weight excluding hydrogens is 252 g/mol. The molecule has 3 rings (SSSR count). The Balaban J connectivity index is 2.02. The van der Waals surface area contributed by atoms with E-state index in [9.17, 15) is 4.79 Å². The summed E-state index contributed by atoms with van der Waals surface area (Å²) in [6.07, 6.45) is 4.77. The molecule has 3 heterocycles. The second-order valence-corrected chi connectivity index (χ2v) is 5.00. The number of hydrogen-bond acceptors (Lipinski definition) is 3. The van der Waals surface area contributed by atoms with Gasteiger partial charge in [-0.25, -0.2) is 4.98 Å². The highest BCUT2D eigenvalue weighted by atomic mass is 35.5. The van der Waals surface area contributed by atoms with Crippen molar-refractivity contribution < 1.29 is 9.53 Å². The highest BCUT2D eigenvalue weighted by Crippen LogP contribution is 2.29. The lowest BCUT2D eigenvalue weighted by Crippen LogP contribution is -2.20. The number of aromatic nitrogens is 2. The van der Waals surface area contributed by atoms with Gasteiger partial charge < -0.3 is 9.72 Å². The van der Waals surface area contributed by atoms with Gasteiger partial charge in [-0.3, -0.25) is 4.79 Å². The van der Waals surface area contributed by atoms with Crippen LogP contribution in [-0.4, -0.2) is 28.0 Å². The molecule has 0 amide bonds. The van der Waals surface area contributed by atoms with Crippen molar-refractivity contribution in [2.24, 2.45) is 0 Å². The molecule has 1 aliphatic heterocycles. The van der Waals surface area contributed by atoms with Crippen LogP contribution in [0.4, 0.5) is 0 Å². The number of nitrogens with one attached hydrogen (secondary N) is 1. The lowest BCUT2D eigenvalue weighted by Gasteiger charge is -2.09. The minimum absolute atomic E-state index is 0.0134. The average Bonchev–Trinajstić information content (AvgIpc) is 2.95. The molecule has 0 aliphatic carbocycles. The van der Waals surface area contributed by atoms with E-state index < -0.39 is 0 Å². The van der Waals surface area contributed by atoms with Gasteiger partial charge in [0, 0.05) is 23.3 Å². The van der Waals surface area contributed by atoms with Crippen LogP contribution in [0.5, 0.6) is 0 Å². The highest BCUT2D eigenvalue weighted by Gasteiger charge is 2.30. The van der Waals surface area contributed by atoms with E-state index in [0.717, 1.165) is 12.8 Å². The smallest absolute Gasteiger partial charge is 0.193 e. The molecule has 1 N–H and O–H groups in total. The minimum atomic E-state index is -0.352. The number of carbonyl (C=O) groups is 1. The van der Waals surface area contributed by atoms with E-state index in [4.69, 9.17) is 16.3 Å². The molecule has 18 heavy (non-hydrogen) atoms. The highest BCUT2D eigenvalue weighted by molar-refractivity contribution is 6.36. The van der Waals surface area contributed by atoms with Crippen molar-refractivity contribution >= 4 is 28.4 Å². The van der Waals surface area contributed by atoms with Crippen LogP contribution in [0, 0.1) is 0 Å². The minimum Gasteiger partial charge on any atom is -0.367 e. The second kappa shape index (κ2) is 4.37. The van der Waals surface area contributed by atoms with Crippen LogP contribution in [0.1, 0.15) is 30.1 Å². The zero-order chi connectivity index (χ0) is 12.7. The fourth-order valence-corrected chi connectivity index (χ4v) is 2.63. The van der Waals surface area contributed by atoms with Gasteiger partial charge in [0.2, 0.25) is 0 Å². The predicted octanol–water partition coefficient (Wildman–Crippen LogP) is 2.97. The van der Waals surface area contributed by atoms with E-state index >= 15 is 0 Å². The monoisotopic (exact) mass is 264 g/mol. The van der Waals surface area contributed by atoms with E-state index in [1.54, 1.807) is 18.5 Å². The van der Waals surface area contributed by atoms with Crippen LogP contribution in [0.3, 0.4) is 0 Å². The average molecular weight is 265 g/mol. The summed E-state index contributed by atoms with van der Waals surface area (Å²) in [4.78, 5) is 19.5. The van der Waals surface area contributed by atoms with Crippen molar-refractivity contribution in [2.45, 2.75) is 32.0 Å². The summed E-state index contributed by atoms with van der Waals surface area (Å²) >= 11 is 6.13. The number of ketones is 1. The Hall–Kier alpha value is -1.39. The van der Waals surface area contributed by atoms with Gasteiger partial charge in [0.1, 0.15) is 11.8 Å². The molecule has 0 aromatic carbocycles. The first-order valence-corrected chi connectivity index (χ1v) is 6.36. The Bertz CT molecular complexity index is 608. The van der Waals surface area contributed by atoms with Crippen LogP contribution in [0.25, 0.3) is 11.0 Å². The molecule has 1 aliphatic rings. The third kappa shape index (κ3) is 1.82. The largest absolute Gasteiger partial charge is 0.367 e. The maximum absolute atomic E-state index is 12.4. The van der Waals surface area contributed by atoms with Gasteiger partial charge >= 0.3 is 0 Å². The number of Topliss-reactive ketones (excluding diaryl/α,β-unsaturated/α-hetero) is 1. The number of halogens is 1. The number of hydrogen-bond donors (Lipinski definition) is 1. The first kappa shape index (κ1) is 11.7. The van der Waals surface area contributed by atoms with Gasteiger partial charge in [0.25, 0.3) is 0 Å². The van der Waals surface area contributed by atoms with Gasteiger partial charge in [-0.1, -0.05) is 11.6 Å². The molecule has 94 valence electrons.